The minimum atomic E-state index is -0.488. The molecule has 1 aromatic carbocycles. The van der Waals surface area contributed by atoms with Gasteiger partial charge in [0.1, 0.15) is 6.10 Å². The molecular weight excluding hydrogens is 257 g/mol. The summed E-state index contributed by atoms with van der Waals surface area (Å²) in [5.74, 6) is -0.104. The second kappa shape index (κ2) is 7.60. The Balaban J connectivity index is 2.01. The molecule has 1 aliphatic rings. The van der Waals surface area contributed by atoms with Gasteiger partial charge in [-0.2, -0.15) is 0 Å². The van der Waals surface area contributed by atoms with E-state index in [0.717, 1.165) is 44.2 Å². The minimum Gasteiger partial charge on any atom is -0.485 e. The molecule has 0 aliphatic heterocycles. The fraction of sp³-hybridized carbons (Fsp3) is 0.625. The lowest BCUT2D eigenvalue weighted by molar-refractivity contribution is 0.0298. The van der Waals surface area contributed by atoms with Gasteiger partial charge in [0.2, 0.25) is 0 Å². The van der Waals surface area contributed by atoms with Crippen molar-refractivity contribution in [1.82, 2.24) is 5.32 Å². The summed E-state index contributed by atoms with van der Waals surface area (Å²) in [4.78, 5) is 0. The van der Waals surface area contributed by atoms with Crippen LogP contribution in [-0.4, -0.2) is 23.9 Å². The number of rotatable bonds is 5. The quantitative estimate of drug-likeness (QED) is 0.815. The molecule has 4 heteroatoms. The summed E-state index contributed by atoms with van der Waals surface area (Å²) in [7, 11) is 0. The first-order chi connectivity index (χ1) is 9.70. The molecule has 2 N–H and O–H groups in total. The molecule has 0 bridgehead atoms. The number of aliphatic hydroxyl groups excluding tert-OH is 1. The van der Waals surface area contributed by atoms with Crippen molar-refractivity contribution in [1.29, 1.82) is 0 Å². The highest BCUT2D eigenvalue weighted by Gasteiger charge is 2.24. The smallest absolute Gasteiger partial charge is 0.165 e. The summed E-state index contributed by atoms with van der Waals surface area (Å²) in [6, 6.07) is 5.03. The first-order valence-corrected chi connectivity index (χ1v) is 7.54. The van der Waals surface area contributed by atoms with E-state index in [-0.39, 0.29) is 17.7 Å². The van der Waals surface area contributed by atoms with Crippen molar-refractivity contribution >= 4 is 0 Å². The van der Waals surface area contributed by atoms with E-state index >= 15 is 0 Å². The third-order valence-electron chi connectivity index (χ3n) is 3.77. The van der Waals surface area contributed by atoms with Gasteiger partial charge in [-0.25, -0.2) is 4.39 Å². The maximum Gasteiger partial charge on any atom is 0.165 e. The molecule has 0 saturated heterocycles. The topological polar surface area (TPSA) is 41.5 Å². The van der Waals surface area contributed by atoms with Crippen molar-refractivity contribution in [2.75, 3.05) is 6.54 Å². The van der Waals surface area contributed by atoms with Gasteiger partial charge < -0.3 is 15.2 Å². The maximum atomic E-state index is 14.0. The Morgan fingerprint density at radius 3 is 2.85 bits per heavy atom. The largest absolute Gasteiger partial charge is 0.485 e. The Bertz CT molecular complexity index is 425. The average Bonchev–Trinajstić information content (AvgIpc) is 2.64. The highest BCUT2D eigenvalue weighted by atomic mass is 19.1. The Kier molecular flexibility index (Phi) is 5.80. The zero-order valence-corrected chi connectivity index (χ0v) is 12.1. The van der Waals surface area contributed by atoms with Crippen LogP contribution >= 0.6 is 0 Å². The first kappa shape index (κ1) is 15.3. The van der Waals surface area contributed by atoms with Gasteiger partial charge in [-0.15, -0.1) is 0 Å². The lowest BCUT2D eigenvalue weighted by Crippen LogP contribution is -2.30. The Morgan fingerprint density at radius 2 is 2.10 bits per heavy atom. The molecule has 0 aromatic heterocycles. The molecule has 1 fully saturated rings. The number of nitrogens with one attached hydrogen (secondary N) is 1. The molecule has 2 unspecified atom stereocenters. The van der Waals surface area contributed by atoms with Crippen LogP contribution in [0.4, 0.5) is 4.39 Å². The van der Waals surface area contributed by atoms with Crippen LogP contribution in [0.2, 0.25) is 0 Å². The van der Waals surface area contributed by atoms with Gasteiger partial charge in [-0.1, -0.05) is 25.8 Å². The molecule has 1 aromatic rings. The van der Waals surface area contributed by atoms with E-state index in [2.05, 4.69) is 5.32 Å². The number of benzene rings is 1. The summed E-state index contributed by atoms with van der Waals surface area (Å²) >= 11 is 0. The van der Waals surface area contributed by atoms with Gasteiger partial charge in [0.15, 0.2) is 11.6 Å². The van der Waals surface area contributed by atoms with Crippen LogP contribution in [0.5, 0.6) is 5.75 Å². The Hall–Kier alpha value is -1.13. The lowest BCUT2D eigenvalue weighted by atomic mass is 10.1. The van der Waals surface area contributed by atoms with Crippen LogP contribution in [0, 0.1) is 5.82 Å². The van der Waals surface area contributed by atoms with E-state index in [4.69, 9.17) is 4.74 Å². The van der Waals surface area contributed by atoms with Gasteiger partial charge in [0, 0.05) is 6.54 Å². The van der Waals surface area contributed by atoms with E-state index in [1.807, 2.05) is 13.0 Å². The lowest BCUT2D eigenvalue weighted by Gasteiger charge is -2.22. The summed E-state index contributed by atoms with van der Waals surface area (Å²) < 4.78 is 19.7. The Labute approximate surface area is 120 Å². The van der Waals surface area contributed by atoms with E-state index in [1.165, 1.54) is 6.07 Å². The van der Waals surface area contributed by atoms with Crippen LogP contribution in [0.25, 0.3) is 0 Å². The van der Waals surface area contributed by atoms with E-state index in [9.17, 15) is 9.50 Å². The zero-order chi connectivity index (χ0) is 14.4. The van der Waals surface area contributed by atoms with Crippen LogP contribution in [0.1, 0.15) is 44.6 Å². The normalized spacial score (nSPS) is 23.4. The molecule has 0 heterocycles. The van der Waals surface area contributed by atoms with Gasteiger partial charge in [0.25, 0.3) is 0 Å². The zero-order valence-electron chi connectivity index (χ0n) is 12.1. The SMILES string of the molecule is CCNCc1ccc(OC2CCCCCC2O)c(F)c1. The summed E-state index contributed by atoms with van der Waals surface area (Å²) in [6.07, 6.45) is 3.92. The highest BCUT2D eigenvalue weighted by molar-refractivity contribution is 5.29. The molecular formula is C16H24FNO2. The molecule has 0 radical (unpaired) electrons. The molecule has 1 aliphatic carbocycles. The van der Waals surface area contributed by atoms with Crippen molar-refractivity contribution in [3.05, 3.63) is 29.6 Å². The van der Waals surface area contributed by atoms with Crippen molar-refractivity contribution in [3.8, 4) is 5.75 Å². The van der Waals surface area contributed by atoms with Crippen LogP contribution < -0.4 is 10.1 Å². The van der Waals surface area contributed by atoms with E-state index < -0.39 is 6.10 Å². The summed E-state index contributed by atoms with van der Waals surface area (Å²) in [5.41, 5.74) is 0.901. The number of hydrogen-bond donors (Lipinski definition) is 2. The van der Waals surface area contributed by atoms with Gasteiger partial charge in [0.05, 0.1) is 6.10 Å². The molecule has 2 atom stereocenters. The fourth-order valence-electron chi connectivity index (χ4n) is 2.57. The molecule has 3 nitrogen and oxygen atoms in total. The standard InChI is InChI=1S/C16H24FNO2/c1-2-18-11-12-8-9-15(13(17)10-12)20-16-7-5-3-4-6-14(16)19/h8-10,14,16,18-19H,2-7,11H2,1H3. The van der Waals surface area contributed by atoms with Crippen molar-refractivity contribution in [2.24, 2.45) is 0 Å². The molecule has 0 amide bonds. The van der Waals surface area contributed by atoms with Gasteiger partial charge >= 0.3 is 0 Å². The van der Waals surface area contributed by atoms with Crippen molar-refractivity contribution < 1.29 is 14.2 Å². The van der Waals surface area contributed by atoms with Crippen LogP contribution in [-0.2, 0) is 6.54 Å². The summed E-state index contributed by atoms with van der Waals surface area (Å²) in [6.45, 7) is 3.52. The van der Waals surface area contributed by atoms with Gasteiger partial charge in [-0.3, -0.25) is 0 Å². The minimum absolute atomic E-state index is 0.246. The Morgan fingerprint density at radius 1 is 1.30 bits per heavy atom. The van der Waals surface area contributed by atoms with Gasteiger partial charge in [-0.05, 0) is 43.5 Å². The van der Waals surface area contributed by atoms with E-state index in [1.54, 1.807) is 6.07 Å². The summed E-state index contributed by atoms with van der Waals surface area (Å²) in [5, 5.41) is 13.2. The van der Waals surface area contributed by atoms with Crippen LogP contribution in [0.3, 0.4) is 0 Å². The molecule has 112 valence electrons. The maximum absolute atomic E-state index is 14.0. The average molecular weight is 281 g/mol. The second-order valence-electron chi connectivity index (χ2n) is 5.41. The van der Waals surface area contributed by atoms with E-state index in [0.29, 0.717) is 6.54 Å². The third kappa shape index (κ3) is 4.18. The first-order valence-electron chi connectivity index (χ1n) is 7.54. The monoisotopic (exact) mass is 281 g/mol. The fourth-order valence-corrected chi connectivity index (χ4v) is 2.57. The third-order valence-corrected chi connectivity index (χ3v) is 3.77. The predicted molar refractivity (Wildman–Crippen MR) is 77.3 cm³/mol. The second-order valence-corrected chi connectivity index (χ2v) is 5.41. The molecule has 20 heavy (non-hydrogen) atoms. The van der Waals surface area contributed by atoms with Crippen molar-refractivity contribution in [2.45, 2.75) is 57.8 Å². The van der Waals surface area contributed by atoms with Crippen LogP contribution in [0.15, 0.2) is 18.2 Å². The number of aliphatic hydroxyl groups is 1. The molecule has 2 rings (SSSR count). The number of ether oxygens (including phenoxy) is 1. The number of halogens is 1. The molecule has 0 spiro atoms. The predicted octanol–water partition coefficient (Wildman–Crippen LogP) is 3.01. The highest BCUT2D eigenvalue weighted by Crippen LogP contribution is 2.25. The van der Waals surface area contributed by atoms with Crippen molar-refractivity contribution in [3.63, 3.8) is 0 Å². The molecule has 1 saturated carbocycles. The number of hydrogen-bond acceptors (Lipinski definition) is 3.